The van der Waals surface area contributed by atoms with Crippen LogP contribution < -0.4 is 10.1 Å². The van der Waals surface area contributed by atoms with E-state index in [9.17, 15) is 19.6 Å². The Morgan fingerprint density at radius 2 is 1.62 bits per heavy atom. The predicted molar refractivity (Wildman–Crippen MR) is 211 cm³/mol. The number of hydrogen-bond donors (Lipinski definition) is 1. The highest BCUT2D eigenvalue weighted by Crippen LogP contribution is 2.42. The van der Waals surface area contributed by atoms with Crippen molar-refractivity contribution < 1.29 is 23.9 Å². The Bertz CT molecular complexity index is 2410. The second kappa shape index (κ2) is 13.7. The van der Waals surface area contributed by atoms with E-state index in [0.717, 1.165) is 47.3 Å². The van der Waals surface area contributed by atoms with Crippen LogP contribution in [0.4, 0.5) is 4.79 Å². The monoisotopic (exact) mass is 753 g/mol. The molecule has 2 aliphatic carbocycles. The van der Waals surface area contributed by atoms with Crippen LogP contribution in [0, 0.1) is 29.1 Å². The van der Waals surface area contributed by atoms with E-state index < -0.39 is 11.7 Å². The van der Waals surface area contributed by atoms with Crippen molar-refractivity contribution in [1.29, 1.82) is 5.26 Å². The minimum atomic E-state index is -0.612. The molecular formula is C44H47N7O5. The molecule has 0 unspecified atom stereocenters. The van der Waals surface area contributed by atoms with Crippen LogP contribution in [0.2, 0.25) is 0 Å². The maximum atomic E-state index is 14.4. The second-order valence-corrected chi connectivity index (χ2v) is 17.0. The summed E-state index contributed by atoms with van der Waals surface area (Å²) in [5.41, 5.74) is 4.63. The Labute approximate surface area is 326 Å². The van der Waals surface area contributed by atoms with Gasteiger partial charge in [0.15, 0.2) is 5.82 Å². The fourth-order valence-electron chi connectivity index (χ4n) is 9.07. The first-order valence-corrected chi connectivity index (χ1v) is 19.7. The van der Waals surface area contributed by atoms with Crippen LogP contribution in [0.3, 0.4) is 0 Å². The highest BCUT2D eigenvalue weighted by Gasteiger charge is 2.50. The lowest BCUT2D eigenvalue weighted by Gasteiger charge is -2.40. The number of imidazole rings is 1. The standard InChI is InChI=1S/C44H47N7O5/c1-44(2,3)56-43(54)47-38-31-15-16-35(38)50(25-31)42(53)32-17-33-39(37(19-32)55-4)51(24-28-21-48(22-28)41(52)29-13-11-26(20-45)12-14-29)40(46-33)36-18-30-7-5-6-8-34(30)49(36)23-27-9-10-27/h5-8,11-14,17-19,27-28,31,35,38H,9-10,15-16,21-25H2,1-4H3,(H,47,54)/t31-,35-,38-/m1/s1. The van der Waals surface area contributed by atoms with Crippen molar-refractivity contribution in [3.8, 4) is 23.3 Å². The van der Waals surface area contributed by atoms with Gasteiger partial charge in [0, 0.05) is 60.7 Å². The average Bonchev–Trinajstić information content (AvgIpc) is 3.48. The number of fused-ring (bicyclic) bond motifs is 4. The highest BCUT2D eigenvalue weighted by molar-refractivity contribution is 6.01. The van der Waals surface area contributed by atoms with Crippen LogP contribution in [0.15, 0.2) is 66.7 Å². The number of para-hydroxylation sites is 1. The van der Waals surface area contributed by atoms with Gasteiger partial charge in [-0.3, -0.25) is 9.59 Å². The SMILES string of the molecule is COc1cc(C(=O)N2C[C@H]3CC[C@@H]2[C@@H]3NC(=O)OC(C)(C)C)cc2nc(-c3cc4ccccc4n3CC3CC3)n(CC3CN(C(=O)c4ccc(C#N)cc4)C3)c12. The van der Waals surface area contributed by atoms with Gasteiger partial charge in [-0.25, -0.2) is 9.78 Å². The molecule has 56 heavy (non-hydrogen) atoms. The third-order valence-electron chi connectivity index (χ3n) is 11.9. The Balaban J connectivity index is 1.06. The summed E-state index contributed by atoms with van der Waals surface area (Å²) in [7, 11) is 1.63. The molecule has 4 aliphatic rings. The number of carbonyl (C=O) groups excluding carboxylic acids is 3. The van der Waals surface area contributed by atoms with E-state index in [1.807, 2.05) is 42.7 Å². The number of ether oxygens (including phenoxy) is 2. The number of likely N-dealkylation sites (tertiary alicyclic amines) is 2. The summed E-state index contributed by atoms with van der Waals surface area (Å²) in [5, 5.41) is 13.4. The lowest BCUT2D eigenvalue weighted by atomic mass is 9.98. The Kier molecular flexibility index (Phi) is 8.79. The quantitative estimate of drug-likeness (QED) is 0.174. The molecule has 288 valence electrons. The average molecular weight is 754 g/mol. The lowest BCUT2D eigenvalue weighted by Crippen LogP contribution is -2.51. The normalized spacial score (nSPS) is 20.7. The molecule has 12 heteroatoms. The van der Waals surface area contributed by atoms with Crippen LogP contribution >= 0.6 is 0 Å². The fourth-order valence-corrected chi connectivity index (χ4v) is 9.07. The van der Waals surface area contributed by atoms with Gasteiger partial charge in [0.2, 0.25) is 0 Å². The van der Waals surface area contributed by atoms with Crippen LogP contribution in [-0.2, 0) is 17.8 Å². The highest BCUT2D eigenvalue weighted by atomic mass is 16.6. The number of nitrogens with one attached hydrogen (secondary N) is 1. The number of aromatic nitrogens is 3. The van der Waals surface area contributed by atoms with Crippen molar-refractivity contribution >= 4 is 39.8 Å². The van der Waals surface area contributed by atoms with Gasteiger partial charge in [-0.2, -0.15) is 5.26 Å². The summed E-state index contributed by atoms with van der Waals surface area (Å²) in [6.45, 7) is 8.76. The topological polar surface area (TPSA) is 135 Å². The molecule has 1 N–H and O–H groups in total. The van der Waals surface area contributed by atoms with Gasteiger partial charge in [0.25, 0.3) is 11.8 Å². The molecule has 12 nitrogen and oxygen atoms in total. The van der Waals surface area contributed by atoms with Crippen molar-refractivity contribution in [3.63, 3.8) is 0 Å². The molecule has 9 rings (SSSR count). The summed E-state index contributed by atoms with van der Waals surface area (Å²) in [4.78, 5) is 49.6. The van der Waals surface area contributed by atoms with Crippen molar-refractivity contribution in [2.75, 3.05) is 26.7 Å². The molecule has 3 amide bonds. The number of alkyl carbamates (subject to hydrolysis) is 1. The third-order valence-corrected chi connectivity index (χ3v) is 11.9. The minimum absolute atomic E-state index is 0.0501. The summed E-state index contributed by atoms with van der Waals surface area (Å²) in [6, 6.07) is 23.0. The molecule has 0 radical (unpaired) electrons. The number of methoxy groups -OCH3 is 1. The molecular weight excluding hydrogens is 707 g/mol. The van der Waals surface area contributed by atoms with Gasteiger partial charge in [-0.05, 0) is 107 Å². The van der Waals surface area contributed by atoms with Crippen LogP contribution in [-0.4, -0.2) is 86.3 Å². The molecule has 2 saturated carbocycles. The molecule has 2 bridgehead atoms. The molecule has 3 aromatic carbocycles. The predicted octanol–water partition coefficient (Wildman–Crippen LogP) is 6.85. The number of carbonyl (C=O) groups is 3. The van der Waals surface area contributed by atoms with Gasteiger partial charge in [0.05, 0.1) is 42.0 Å². The second-order valence-electron chi connectivity index (χ2n) is 17.0. The minimum Gasteiger partial charge on any atom is -0.494 e. The maximum Gasteiger partial charge on any atom is 0.407 e. The molecule has 4 heterocycles. The van der Waals surface area contributed by atoms with Crippen LogP contribution in [0.1, 0.15) is 72.7 Å². The molecule has 0 spiro atoms. The molecule has 3 atom stereocenters. The van der Waals surface area contributed by atoms with E-state index in [1.54, 1.807) is 31.4 Å². The van der Waals surface area contributed by atoms with E-state index in [0.29, 0.717) is 60.1 Å². The van der Waals surface area contributed by atoms with Gasteiger partial charge < -0.3 is 33.7 Å². The van der Waals surface area contributed by atoms with Gasteiger partial charge >= 0.3 is 6.09 Å². The van der Waals surface area contributed by atoms with E-state index in [-0.39, 0.29) is 35.7 Å². The lowest BCUT2D eigenvalue weighted by molar-refractivity contribution is 0.0469. The van der Waals surface area contributed by atoms with Crippen molar-refractivity contribution in [1.82, 2.24) is 29.2 Å². The van der Waals surface area contributed by atoms with E-state index in [4.69, 9.17) is 14.5 Å². The molecule has 5 aromatic rings. The molecule has 2 saturated heterocycles. The first kappa shape index (κ1) is 35.8. The zero-order valence-electron chi connectivity index (χ0n) is 32.3. The fraction of sp³-hybridized carbons (Fsp3) is 0.432. The van der Waals surface area contributed by atoms with Gasteiger partial charge in [-0.1, -0.05) is 18.2 Å². The summed E-state index contributed by atoms with van der Waals surface area (Å²) < 4.78 is 16.3. The molecule has 2 aromatic heterocycles. The maximum absolute atomic E-state index is 14.4. The van der Waals surface area contributed by atoms with Crippen molar-refractivity contribution in [2.24, 2.45) is 17.8 Å². The number of benzene rings is 3. The van der Waals surface area contributed by atoms with Crippen molar-refractivity contribution in [2.45, 2.75) is 77.2 Å². The number of nitriles is 1. The largest absolute Gasteiger partial charge is 0.494 e. The first-order valence-electron chi connectivity index (χ1n) is 19.7. The summed E-state index contributed by atoms with van der Waals surface area (Å²) >= 11 is 0. The number of rotatable bonds is 9. The van der Waals surface area contributed by atoms with Crippen LogP contribution in [0.5, 0.6) is 5.75 Å². The zero-order chi connectivity index (χ0) is 38.9. The van der Waals surface area contributed by atoms with Gasteiger partial charge in [0.1, 0.15) is 16.9 Å². The summed E-state index contributed by atoms with van der Waals surface area (Å²) in [6.07, 6.45) is 3.71. The molecule has 2 aliphatic heterocycles. The Morgan fingerprint density at radius 3 is 2.34 bits per heavy atom. The van der Waals surface area contributed by atoms with Gasteiger partial charge in [-0.15, -0.1) is 0 Å². The van der Waals surface area contributed by atoms with Crippen molar-refractivity contribution in [3.05, 3.63) is 83.4 Å². The van der Waals surface area contributed by atoms with E-state index in [1.165, 1.54) is 12.8 Å². The first-order chi connectivity index (χ1) is 27.0. The Morgan fingerprint density at radius 1 is 0.875 bits per heavy atom. The number of piperidine rings is 1. The van der Waals surface area contributed by atoms with E-state index in [2.05, 4.69) is 50.9 Å². The number of amides is 3. The third kappa shape index (κ3) is 6.52. The van der Waals surface area contributed by atoms with Crippen LogP contribution in [0.25, 0.3) is 33.5 Å². The Hall–Kier alpha value is -5.83. The van der Waals surface area contributed by atoms with E-state index >= 15 is 0 Å². The smallest absolute Gasteiger partial charge is 0.407 e. The number of nitrogens with zero attached hydrogens (tertiary/aromatic N) is 6. The zero-order valence-corrected chi connectivity index (χ0v) is 32.3. The number of hydrogen-bond acceptors (Lipinski definition) is 7. The summed E-state index contributed by atoms with van der Waals surface area (Å²) in [5.74, 6) is 2.15. The molecule has 4 fully saturated rings.